The van der Waals surface area contributed by atoms with Crippen LogP contribution < -0.4 is 5.32 Å². The molecule has 3 aromatic rings. The molecule has 0 unspecified atom stereocenters. The molecule has 0 bridgehead atoms. The minimum Gasteiger partial charge on any atom is -0.350 e. The molecule has 2 heterocycles. The summed E-state index contributed by atoms with van der Waals surface area (Å²) in [5.74, 6) is -1.52. The van der Waals surface area contributed by atoms with Gasteiger partial charge in [0.2, 0.25) is 0 Å². The third kappa shape index (κ3) is 4.22. The van der Waals surface area contributed by atoms with Crippen LogP contribution in [-0.2, 0) is 13.0 Å². The van der Waals surface area contributed by atoms with Gasteiger partial charge in [-0.1, -0.05) is 12.1 Å². The van der Waals surface area contributed by atoms with E-state index in [1.165, 1.54) is 18.2 Å². The highest BCUT2D eigenvalue weighted by Crippen LogP contribution is 2.20. The molecule has 3 rings (SSSR count). The van der Waals surface area contributed by atoms with Crippen molar-refractivity contribution in [2.75, 3.05) is 6.54 Å². The van der Waals surface area contributed by atoms with E-state index in [-0.39, 0.29) is 18.0 Å². The second kappa shape index (κ2) is 8.12. The van der Waals surface area contributed by atoms with Crippen LogP contribution in [0.1, 0.15) is 33.0 Å². The topological polar surface area (TPSA) is 46.9 Å². The van der Waals surface area contributed by atoms with Crippen LogP contribution in [0.25, 0.3) is 0 Å². The first-order valence-corrected chi connectivity index (χ1v) is 8.75. The fraction of sp³-hybridized carbons (Fsp3) is 0.238. The van der Waals surface area contributed by atoms with Gasteiger partial charge in [-0.05, 0) is 49.7 Å². The quantitative estimate of drug-likeness (QED) is 0.718. The lowest BCUT2D eigenvalue weighted by molar-refractivity contribution is 0.0944. The monoisotopic (exact) mass is 369 g/mol. The summed E-state index contributed by atoms with van der Waals surface area (Å²) < 4.78 is 29.7. The van der Waals surface area contributed by atoms with Crippen molar-refractivity contribution in [3.8, 4) is 0 Å². The summed E-state index contributed by atoms with van der Waals surface area (Å²) in [6, 6.07) is 11.2. The number of carbonyl (C=O) groups is 1. The third-order valence-corrected chi connectivity index (χ3v) is 4.48. The highest BCUT2D eigenvalue weighted by Gasteiger charge is 2.19. The van der Waals surface area contributed by atoms with Gasteiger partial charge in [0.25, 0.3) is 5.91 Å². The number of aryl methyl sites for hydroxylation is 2. The summed E-state index contributed by atoms with van der Waals surface area (Å²) in [5.41, 5.74) is 2.77. The standard InChI is InChI=1S/C21H21F2N3O/c1-14-12-15(2)26(13-17-18(22)7-5-8-19(17)23)20(14)21(27)25-11-9-16-6-3-4-10-24-16/h3-8,10,12H,9,11,13H2,1-2H3,(H,25,27). The van der Waals surface area contributed by atoms with Crippen molar-refractivity contribution in [2.24, 2.45) is 0 Å². The van der Waals surface area contributed by atoms with E-state index < -0.39 is 11.6 Å². The maximum Gasteiger partial charge on any atom is 0.268 e. The molecule has 6 heteroatoms. The summed E-state index contributed by atoms with van der Waals surface area (Å²) in [5, 5.41) is 2.87. The number of hydrogen-bond donors (Lipinski definition) is 1. The van der Waals surface area contributed by atoms with Crippen molar-refractivity contribution in [3.05, 3.63) is 88.5 Å². The van der Waals surface area contributed by atoms with Gasteiger partial charge in [-0.25, -0.2) is 8.78 Å². The van der Waals surface area contributed by atoms with E-state index in [1.807, 2.05) is 38.1 Å². The Balaban J connectivity index is 1.78. The Morgan fingerprint density at radius 3 is 2.52 bits per heavy atom. The molecule has 0 aliphatic heterocycles. The maximum atomic E-state index is 14.0. The average Bonchev–Trinajstić information content (AvgIpc) is 2.92. The number of nitrogens with one attached hydrogen (secondary N) is 1. The number of halogens is 2. The van der Waals surface area contributed by atoms with Gasteiger partial charge in [0.15, 0.2) is 0 Å². The predicted molar refractivity (Wildman–Crippen MR) is 99.6 cm³/mol. The number of nitrogens with zero attached hydrogens (tertiary/aromatic N) is 2. The molecule has 2 aromatic heterocycles. The molecule has 4 nitrogen and oxygen atoms in total. The zero-order valence-electron chi connectivity index (χ0n) is 15.3. The molecule has 0 aliphatic carbocycles. The van der Waals surface area contributed by atoms with Gasteiger partial charge in [0.05, 0.1) is 6.54 Å². The van der Waals surface area contributed by atoms with Gasteiger partial charge < -0.3 is 9.88 Å². The average molecular weight is 369 g/mol. The van der Waals surface area contributed by atoms with E-state index in [0.717, 1.165) is 17.0 Å². The van der Waals surface area contributed by atoms with Crippen molar-refractivity contribution >= 4 is 5.91 Å². The molecule has 1 N–H and O–H groups in total. The number of hydrogen-bond acceptors (Lipinski definition) is 2. The smallest absolute Gasteiger partial charge is 0.268 e. The molecule has 27 heavy (non-hydrogen) atoms. The van der Waals surface area contributed by atoms with Crippen molar-refractivity contribution in [1.82, 2.24) is 14.9 Å². The van der Waals surface area contributed by atoms with Gasteiger partial charge in [-0.3, -0.25) is 9.78 Å². The van der Waals surface area contributed by atoms with Crippen LogP contribution in [0, 0.1) is 25.5 Å². The van der Waals surface area contributed by atoms with E-state index in [1.54, 1.807) is 10.8 Å². The SMILES string of the molecule is Cc1cc(C)n(Cc2c(F)cccc2F)c1C(=O)NCCc1ccccn1. The number of amides is 1. The summed E-state index contributed by atoms with van der Waals surface area (Å²) in [6.07, 6.45) is 2.31. The molecule has 140 valence electrons. The lowest BCUT2D eigenvalue weighted by Gasteiger charge is -2.14. The van der Waals surface area contributed by atoms with Crippen LogP contribution in [-0.4, -0.2) is 22.0 Å². The van der Waals surface area contributed by atoms with Gasteiger partial charge in [-0.2, -0.15) is 0 Å². The van der Waals surface area contributed by atoms with Crippen LogP contribution >= 0.6 is 0 Å². The first kappa shape index (κ1) is 18.8. The van der Waals surface area contributed by atoms with Crippen molar-refractivity contribution in [2.45, 2.75) is 26.8 Å². The molecule has 0 fully saturated rings. The third-order valence-electron chi connectivity index (χ3n) is 4.48. The Bertz CT molecular complexity index is 931. The zero-order valence-corrected chi connectivity index (χ0v) is 15.3. The fourth-order valence-corrected chi connectivity index (χ4v) is 3.13. The molecule has 1 aromatic carbocycles. The molecule has 1 amide bonds. The molecular formula is C21H21F2N3O. The number of rotatable bonds is 6. The zero-order chi connectivity index (χ0) is 19.4. The number of pyridine rings is 1. The minimum absolute atomic E-state index is 0.0405. The Morgan fingerprint density at radius 2 is 1.85 bits per heavy atom. The Labute approximate surface area is 156 Å². The van der Waals surface area contributed by atoms with Crippen LogP contribution in [0.2, 0.25) is 0 Å². The molecular weight excluding hydrogens is 348 g/mol. The van der Waals surface area contributed by atoms with E-state index >= 15 is 0 Å². The van der Waals surface area contributed by atoms with E-state index in [2.05, 4.69) is 10.3 Å². The Hall–Kier alpha value is -3.02. The summed E-state index contributed by atoms with van der Waals surface area (Å²) in [7, 11) is 0. The minimum atomic E-state index is -0.623. The highest BCUT2D eigenvalue weighted by atomic mass is 19.1. The molecule has 0 saturated carbocycles. The van der Waals surface area contributed by atoms with E-state index in [4.69, 9.17) is 0 Å². The number of carbonyl (C=O) groups excluding carboxylic acids is 1. The van der Waals surface area contributed by atoms with Crippen molar-refractivity contribution < 1.29 is 13.6 Å². The molecule has 0 radical (unpaired) electrons. The lowest BCUT2D eigenvalue weighted by atomic mass is 10.2. The summed E-state index contributed by atoms with van der Waals surface area (Å²) in [6.45, 7) is 4.01. The number of benzene rings is 1. The molecule has 0 aliphatic rings. The van der Waals surface area contributed by atoms with Gasteiger partial charge in [0.1, 0.15) is 17.3 Å². The van der Waals surface area contributed by atoms with E-state index in [0.29, 0.717) is 18.7 Å². The molecule has 0 spiro atoms. The van der Waals surface area contributed by atoms with Crippen molar-refractivity contribution in [1.29, 1.82) is 0 Å². The first-order chi connectivity index (χ1) is 13.0. The summed E-state index contributed by atoms with van der Waals surface area (Å²) >= 11 is 0. The van der Waals surface area contributed by atoms with Gasteiger partial charge in [-0.15, -0.1) is 0 Å². The van der Waals surface area contributed by atoms with Crippen LogP contribution in [0.3, 0.4) is 0 Å². The van der Waals surface area contributed by atoms with Gasteiger partial charge >= 0.3 is 0 Å². The van der Waals surface area contributed by atoms with Crippen LogP contribution in [0.15, 0.2) is 48.7 Å². The lowest BCUT2D eigenvalue weighted by Crippen LogP contribution is -2.29. The second-order valence-corrected chi connectivity index (χ2v) is 6.43. The molecule has 0 saturated heterocycles. The highest BCUT2D eigenvalue weighted by molar-refractivity contribution is 5.94. The maximum absolute atomic E-state index is 14.0. The van der Waals surface area contributed by atoms with Crippen LogP contribution in [0.4, 0.5) is 8.78 Å². The molecule has 0 atom stereocenters. The van der Waals surface area contributed by atoms with E-state index in [9.17, 15) is 13.6 Å². The fourth-order valence-electron chi connectivity index (χ4n) is 3.13. The predicted octanol–water partition coefficient (Wildman–Crippen LogP) is 3.80. The Morgan fingerprint density at radius 1 is 1.11 bits per heavy atom. The van der Waals surface area contributed by atoms with Crippen molar-refractivity contribution in [3.63, 3.8) is 0 Å². The first-order valence-electron chi connectivity index (χ1n) is 8.75. The summed E-state index contributed by atoms with van der Waals surface area (Å²) in [4.78, 5) is 16.9. The van der Waals surface area contributed by atoms with Crippen LogP contribution in [0.5, 0.6) is 0 Å². The Kier molecular flexibility index (Phi) is 5.64. The normalized spacial score (nSPS) is 10.8. The number of aromatic nitrogens is 2. The van der Waals surface area contributed by atoms with Gasteiger partial charge in [0, 0.05) is 36.1 Å². The largest absolute Gasteiger partial charge is 0.350 e. The second-order valence-electron chi connectivity index (χ2n) is 6.43.